The Balaban J connectivity index is 1.63. The van der Waals surface area contributed by atoms with Gasteiger partial charge in [-0.15, -0.1) is 11.3 Å². The average molecular weight is 478 g/mol. The van der Waals surface area contributed by atoms with E-state index in [0.29, 0.717) is 40.7 Å². The SMILES string of the molecule is CC(=O)N(C)CCCn1c(NC(=O)c2ccc(C#N)s2)nc2cc(C(C)C(=O)C3CC3)ccc21. The molecule has 0 aliphatic heterocycles. The summed E-state index contributed by atoms with van der Waals surface area (Å²) in [6.07, 6.45) is 2.63. The molecule has 1 aliphatic carbocycles. The molecule has 1 aliphatic rings. The number of amides is 2. The van der Waals surface area contributed by atoms with Gasteiger partial charge in [-0.3, -0.25) is 19.7 Å². The van der Waals surface area contributed by atoms with Crippen molar-refractivity contribution >= 4 is 45.9 Å². The van der Waals surface area contributed by atoms with Crippen molar-refractivity contribution in [1.82, 2.24) is 14.5 Å². The number of hydrogen-bond donors (Lipinski definition) is 1. The fourth-order valence-corrected chi connectivity index (χ4v) is 4.63. The molecule has 0 bridgehead atoms. The van der Waals surface area contributed by atoms with Crippen molar-refractivity contribution in [3.63, 3.8) is 0 Å². The van der Waals surface area contributed by atoms with Crippen molar-refractivity contribution in [3.8, 4) is 6.07 Å². The number of aryl methyl sites for hydroxylation is 1. The van der Waals surface area contributed by atoms with Crippen molar-refractivity contribution in [2.75, 3.05) is 18.9 Å². The second kappa shape index (κ2) is 9.77. The van der Waals surface area contributed by atoms with Crippen LogP contribution in [0.15, 0.2) is 30.3 Å². The summed E-state index contributed by atoms with van der Waals surface area (Å²) in [6.45, 7) is 4.58. The highest BCUT2D eigenvalue weighted by molar-refractivity contribution is 7.14. The van der Waals surface area contributed by atoms with Crippen LogP contribution in [-0.2, 0) is 16.1 Å². The van der Waals surface area contributed by atoms with E-state index in [2.05, 4.69) is 10.3 Å². The lowest BCUT2D eigenvalue weighted by Gasteiger charge is -2.16. The van der Waals surface area contributed by atoms with Crippen LogP contribution >= 0.6 is 11.3 Å². The van der Waals surface area contributed by atoms with Crippen LogP contribution in [0.2, 0.25) is 0 Å². The molecule has 0 radical (unpaired) electrons. The molecule has 176 valence electrons. The maximum atomic E-state index is 12.8. The van der Waals surface area contributed by atoms with Gasteiger partial charge in [0.25, 0.3) is 5.91 Å². The summed E-state index contributed by atoms with van der Waals surface area (Å²) in [6, 6.07) is 11.1. The van der Waals surface area contributed by atoms with E-state index in [-0.39, 0.29) is 29.4 Å². The highest BCUT2D eigenvalue weighted by Gasteiger charge is 2.33. The highest BCUT2D eigenvalue weighted by atomic mass is 32.1. The Morgan fingerprint density at radius 3 is 2.71 bits per heavy atom. The molecular formula is C25H27N5O3S. The zero-order chi connectivity index (χ0) is 24.4. The normalized spacial score (nSPS) is 13.9. The molecule has 3 aromatic rings. The van der Waals surface area contributed by atoms with Gasteiger partial charge in [0.15, 0.2) is 0 Å². The largest absolute Gasteiger partial charge is 0.346 e. The van der Waals surface area contributed by atoms with Crippen LogP contribution in [0, 0.1) is 17.2 Å². The summed E-state index contributed by atoms with van der Waals surface area (Å²) >= 11 is 1.12. The van der Waals surface area contributed by atoms with Crippen LogP contribution in [0.1, 0.15) is 59.1 Å². The van der Waals surface area contributed by atoms with E-state index < -0.39 is 0 Å². The molecule has 0 spiro atoms. The molecule has 2 amide bonds. The lowest BCUT2D eigenvalue weighted by atomic mass is 9.94. The molecule has 1 unspecified atom stereocenters. The van der Waals surface area contributed by atoms with E-state index in [1.807, 2.05) is 35.8 Å². The number of fused-ring (bicyclic) bond motifs is 1. The summed E-state index contributed by atoms with van der Waals surface area (Å²) in [5, 5.41) is 11.9. The van der Waals surface area contributed by atoms with Gasteiger partial charge in [0.2, 0.25) is 11.9 Å². The fraction of sp³-hybridized carbons (Fsp3) is 0.400. The van der Waals surface area contributed by atoms with E-state index in [1.165, 1.54) is 6.92 Å². The summed E-state index contributed by atoms with van der Waals surface area (Å²) in [5.74, 6) is 0.317. The van der Waals surface area contributed by atoms with Gasteiger partial charge in [0, 0.05) is 38.9 Å². The van der Waals surface area contributed by atoms with Crippen molar-refractivity contribution < 1.29 is 14.4 Å². The lowest BCUT2D eigenvalue weighted by molar-refractivity contribution is -0.127. The molecule has 1 saturated carbocycles. The number of carbonyl (C=O) groups excluding carboxylic acids is 3. The number of nitriles is 1. The zero-order valence-corrected chi connectivity index (χ0v) is 20.3. The zero-order valence-electron chi connectivity index (χ0n) is 19.5. The number of hydrogen-bond acceptors (Lipinski definition) is 6. The summed E-state index contributed by atoms with van der Waals surface area (Å²) < 4.78 is 1.93. The maximum Gasteiger partial charge on any atom is 0.268 e. The third kappa shape index (κ3) is 5.02. The second-order valence-electron chi connectivity index (χ2n) is 8.76. The molecular weight excluding hydrogens is 450 g/mol. The van der Waals surface area contributed by atoms with E-state index in [0.717, 1.165) is 35.3 Å². The molecule has 1 fully saturated rings. The standard InChI is InChI=1S/C25H27N5O3S/c1-15(23(32)17-5-6-17)18-7-9-21-20(13-18)27-25(30(21)12-4-11-29(3)16(2)31)28-24(33)22-10-8-19(14-26)34-22/h7-10,13,15,17H,4-6,11-12H2,1-3H3,(H,27,28,33). The molecule has 2 aromatic heterocycles. The Hall–Kier alpha value is -3.51. The molecule has 34 heavy (non-hydrogen) atoms. The van der Waals surface area contributed by atoms with E-state index in [9.17, 15) is 14.4 Å². The van der Waals surface area contributed by atoms with E-state index in [1.54, 1.807) is 24.1 Å². The van der Waals surface area contributed by atoms with Gasteiger partial charge in [-0.05, 0) is 49.1 Å². The number of benzene rings is 1. The molecule has 2 heterocycles. The number of nitrogens with one attached hydrogen (secondary N) is 1. The number of rotatable bonds is 9. The molecule has 9 heteroatoms. The minimum absolute atomic E-state index is 0.00559. The Labute approximate surface area is 202 Å². The number of thiophene rings is 1. The molecule has 8 nitrogen and oxygen atoms in total. The monoisotopic (exact) mass is 477 g/mol. The summed E-state index contributed by atoms with van der Waals surface area (Å²) in [7, 11) is 1.76. The molecule has 1 aromatic carbocycles. The third-order valence-electron chi connectivity index (χ3n) is 6.26. The Bertz CT molecular complexity index is 1300. The molecule has 1 atom stereocenters. The van der Waals surface area contributed by atoms with E-state index >= 15 is 0 Å². The fourth-order valence-electron chi connectivity index (χ4n) is 3.93. The first-order chi connectivity index (χ1) is 16.3. The van der Waals surface area contributed by atoms with Crippen LogP contribution in [0.3, 0.4) is 0 Å². The minimum Gasteiger partial charge on any atom is -0.346 e. The predicted molar refractivity (Wildman–Crippen MR) is 131 cm³/mol. The highest BCUT2D eigenvalue weighted by Crippen LogP contribution is 2.36. The Morgan fingerprint density at radius 1 is 1.29 bits per heavy atom. The number of nitrogens with zero attached hydrogens (tertiary/aromatic N) is 4. The minimum atomic E-state index is -0.332. The Kier molecular flexibility index (Phi) is 6.80. The van der Waals surface area contributed by atoms with Gasteiger partial charge in [0.1, 0.15) is 16.7 Å². The van der Waals surface area contributed by atoms with Gasteiger partial charge in [-0.2, -0.15) is 5.26 Å². The number of ketones is 1. The maximum absolute atomic E-state index is 12.8. The van der Waals surface area contributed by atoms with Crippen LogP contribution in [0.4, 0.5) is 5.95 Å². The Morgan fingerprint density at radius 2 is 2.06 bits per heavy atom. The number of carbonyl (C=O) groups is 3. The average Bonchev–Trinajstić information content (AvgIpc) is 3.46. The number of imidazole rings is 1. The molecule has 0 saturated heterocycles. The quantitative estimate of drug-likeness (QED) is 0.498. The third-order valence-corrected chi connectivity index (χ3v) is 7.25. The van der Waals surface area contributed by atoms with Gasteiger partial charge in [-0.25, -0.2) is 4.98 Å². The van der Waals surface area contributed by atoms with E-state index in [4.69, 9.17) is 5.26 Å². The van der Waals surface area contributed by atoms with Crippen molar-refractivity contribution in [2.24, 2.45) is 5.92 Å². The van der Waals surface area contributed by atoms with Gasteiger partial charge in [-0.1, -0.05) is 13.0 Å². The van der Waals surface area contributed by atoms with Crippen molar-refractivity contribution in [3.05, 3.63) is 45.6 Å². The number of anilines is 1. The smallest absolute Gasteiger partial charge is 0.268 e. The first-order valence-electron chi connectivity index (χ1n) is 11.4. The molecule has 4 rings (SSSR count). The van der Waals surface area contributed by atoms with Crippen LogP contribution < -0.4 is 5.32 Å². The van der Waals surface area contributed by atoms with Crippen LogP contribution in [-0.4, -0.2) is 45.6 Å². The first kappa shape index (κ1) is 23.6. The predicted octanol–water partition coefficient (Wildman–Crippen LogP) is 4.17. The van der Waals surface area contributed by atoms with Crippen molar-refractivity contribution in [1.29, 1.82) is 5.26 Å². The van der Waals surface area contributed by atoms with Crippen molar-refractivity contribution in [2.45, 2.75) is 45.6 Å². The second-order valence-corrected chi connectivity index (χ2v) is 9.84. The van der Waals surface area contributed by atoms with Gasteiger partial charge >= 0.3 is 0 Å². The summed E-state index contributed by atoms with van der Waals surface area (Å²) in [4.78, 5) is 44.2. The number of aromatic nitrogens is 2. The topological polar surface area (TPSA) is 108 Å². The van der Waals surface area contributed by atoms with Crippen LogP contribution in [0.5, 0.6) is 0 Å². The lowest BCUT2D eigenvalue weighted by Crippen LogP contribution is -2.25. The van der Waals surface area contributed by atoms with Gasteiger partial charge < -0.3 is 9.47 Å². The first-order valence-corrected chi connectivity index (χ1v) is 12.2. The number of Topliss-reactive ketones (excluding diaryl/α,β-unsaturated/α-hetero) is 1. The van der Waals surface area contributed by atoms with Gasteiger partial charge in [0.05, 0.1) is 15.9 Å². The van der Waals surface area contributed by atoms with Crippen LogP contribution in [0.25, 0.3) is 11.0 Å². The summed E-state index contributed by atoms with van der Waals surface area (Å²) in [5.41, 5.74) is 2.46. The molecule has 1 N–H and O–H groups in total.